The van der Waals surface area contributed by atoms with E-state index in [9.17, 15) is 4.79 Å². The summed E-state index contributed by atoms with van der Waals surface area (Å²) in [6.45, 7) is 2.03. The molecule has 3 heteroatoms. The maximum Gasteiger partial charge on any atom is 0.328 e. The summed E-state index contributed by atoms with van der Waals surface area (Å²) in [5, 5.41) is 8.78. The first-order valence-electron chi connectivity index (χ1n) is 6.27. The largest absolute Gasteiger partial charge is 0.497 e. The van der Waals surface area contributed by atoms with E-state index >= 15 is 0 Å². The van der Waals surface area contributed by atoms with Gasteiger partial charge in [-0.2, -0.15) is 0 Å². The second kappa shape index (κ2) is 6.06. The Morgan fingerprint density at radius 1 is 1.15 bits per heavy atom. The predicted octanol–water partition coefficient (Wildman–Crippen LogP) is 3.77. The molecule has 0 spiro atoms. The molecule has 2 aromatic carbocycles. The molecule has 0 bridgehead atoms. The van der Waals surface area contributed by atoms with Gasteiger partial charge in [0, 0.05) is 6.08 Å². The molecule has 102 valence electrons. The number of aliphatic carboxylic acids is 1. The second-order valence-corrected chi connectivity index (χ2v) is 4.44. The van der Waals surface area contributed by atoms with E-state index in [1.165, 1.54) is 0 Å². The van der Waals surface area contributed by atoms with Crippen molar-refractivity contribution in [2.75, 3.05) is 7.11 Å². The van der Waals surface area contributed by atoms with Gasteiger partial charge in [0.15, 0.2) is 0 Å². The molecule has 20 heavy (non-hydrogen) atoms. The number of ether oxygens (including phenoxy) is 1. The van der Waals surface area contributed by atoms with Crippen LogP contribution in [0.4, 0.5) is 0 Å². The number of rotatable bonds is 4. The van der Waals surface area contributed by atoms with Crippen LogP contribution in [0.2, 0.25) is 0 Å². The average molecular weight is 268 g/mol. The molecule has 1 N–H and O–H groups in total. The van der Waals surface area contributed by atoms with Crippen LogP contribution >= 0.6 is 0 Å². The Hall–Kier alpha value is -2.55. The van der Waals surface area contributed by atoms with Gasteiger partial charge in [0.1, 0.15) is 5.75 Å². The highest BCUT2D eigenvalue weighted by atomic mass is 16.5. The highest BCUT2D eigenvalue weighted by Gasteiger charge is 2.07. The molecule has 2 aromatic rings. The molecule has 0 unspecified atom stereocenters. The first kappa shape index (κ1) is 13.9. The molecule has 0 aromatic heterocycles. The highest BCUT2D eigenvalue weighted by molar-refractivity contribution is 5.88. The van der Waals surface area contributed by atoms with Crippen molar-refractivity contribution in [2.45, 2.75) is 6.92 Å². The van der Waals surface area contributed by atoms with Gasteiger partial charge < -0.3 is 9.84 Å². The van der Waals surface area contributed by atoms with Crippen molar-refractivity contribution in [1.82, 2.24) is 0 Å². The molecule has 0 fully saturated rings. The lowest BCUT2D eigenvalue weighted by Crippen LogP contribution is -1.91. The van der Waals surface area contributed by atoms with E-state index in [0.29, 0.717) is 0 Å². The van der Waals surface area contributed by atoms with E-state index in [0.717, 1.165) is 34.1 Å². The minimum absolute atomic E-state index is 0.746. The molecule has 0 aliphatic rings. The van der Waals surface area contributed by atoms with Gasteiger partial charge in [-0.25, -0.2) is 4.79 Å². The van der Waals surface area contributed by atoms with Crippen molar-refractivity contribution in [2.24, 2.45) is 0 Å². The Balaban J connectivity index is 2.59. The summed E-state index contributed by atoms with van der Waals surface area (Å²) in [5.41, 5.74) is 4.00. The zero-order chi connectivity index (χ0) is 14.5. The fourth-order valence-electron chi connectivity index (χ4n) is 2.08. The lowest BCUT2D eigenvalue weighted by atomic mass is 9.95. The van der Waals surface area contributed by atoms with Gasteiger partial charge in [0.25, 0.3) is 0 Å². The number of carboxylic acids is 1. The Morgan fingerprint density at radius 3 is 2.55 bits per heavy atom. The van der Waals surface area contributed by atoms with E-state index in [4.69, 9.17) is 9.84 Å². The van der Waals surface area contributed by atoms with Crippen molar-refractivity contribution in [1.29, 1.82) is 0 Å². The van der Waals surface area contributed by atoms with Crippen LogP contribution in [0.5, 0.6) is 5.75 Å². The summed E-state index contributed by atoms with van der Waals surface area (Å²) >= 11 is 0. The quantitative estimate of drug-likeness (QED) is 0.859. The zero-order valence-electron chi connectivity index (χ0n) is 11.5. The molecule has 0 aliphatic heterocycles. The molecule has 0 atom stereocenters. The third-order valence-corrected chi connectivity index (χ3v) is 3.10. The Labute approximate surface area is 118 Å². The Bertz CT molecular complexity index is 657. The number of methoxy groups -OCH3 is 1. The van der Waals surface area contributed by atoms with Crippen LogP contribution in [0.15, 0.2) is 48.5 Å². The van der Waals surface area contributed by atoms with E-state index in [-0.39, 0.29) is 0 Å². The average Bonchev–Trinajstić information content (AvgIpc) is 2.45. The molecule has 3 nitrogen and oxygen atoms in total. The van der Waals surface area contributed by atoms with Gasteiger partial charge in [-0.1, -0.05) is 30.3 Å². The molecule has 0 heterocycles. The van der Waals surface area contributed by atoms with Crippen molar-refractivity contribution in [3.8, 4) is 16.9 Å². The number of hydrogen-bond donors (Lipinski definition) is 1. The third-order valence-electron chi connectivity index (χ3n) is 3.10. The number of carboxylic acid groups (broad SMARTS) is 1. The van der Waals surface area contributed by atoms with Gasteiger partial charge in [-0.3, -0.25) is 0 Å². The number of benzene rings is 2. The van der Waals surface area contributed by atoms with Crippen LogP contribution in [0.3, 0.4) is 0 Å². The first-order valence-corrected chi connectivity index (χ1v) is 6.27. The summed E-state index contributed by atoms with van der Waals surface area (Å²) in [6, 6.07) is 13.6. The smallest absolute Gasteiger partial charge is 0.328 e. The Kier molecular flexibility index (Phi) is 4.20. The standard InChI is InChI=1S/C17H16O3/c1-12-5-3-4-6-15(12)16-11-14(20-2)9-7-13(16)8-10-17(18)19/h3-11H,1-2H3,(H,18,19). The summed E-state index contributed by atoms with van der Waals surface area (Å²) < 4.78 is 5.26. The minimum Gasteiger partial charge on any atom is -0.497 e. The third kappa shape index (κ3) is 3.06. The molecule has 0 saturated heterocycles. The molecule has 2 rings (SSSR count). The summed E-state index contributed by atoms with van der Waals surface area (Å²) in [7, 11) is 1.61. The van der Waals surface area contributed by atoms with Crippen LogP contribution in [-0.2, 0) is 4.79 Å². The highest BCUT2D eigenvalue weighted by Crippen LogP contribution is 2.31. The molecule has 0 saturated carbocycles. The molecule has 0 radical (unpaired) electrons. The number of aryl methyl sites for hydroxylation is 1. The van der Waals surface area contributed by atoms with Crippen molar-refractivity contribution in [3.05, 3.63) is 59.7 Å². The minimum atomic E-state index is -0.962. The summed E-state index contributed by atoms with van der Waals surface area (Å²) in [5.74, 6) is -0.215. The summed E-state index contributed by atoms with van der Waals surface area (Å²) in [6.07, 6.45) is 2.74. The predicted molar refractivity (Wildman–Crippen MR) is 79.8 cm³/mol. The van der Waals surface area contributed by atoms with E-state index in [1.54, 1.807) is 13.2 Å². The van der Waals surface area contributed by atoms with Crippen LogP contribution in [0.1, 0.15) is 11.1 Å². The first-order chi connectivity index (χ1) is 9.61. The fourth-order valence-corrected chi connectivity index (χ4v) is 2.08. The number of carbonyl (C=O) groups is 1. The van der Waals surface area contributed by atoms with Gasteiger partial charge in [-0.15, -0.1) is 0 Å². The van der Waals surface area contributed by atoms with Crippen molar-refractivity contribution >= 4 is 12.0 Å². The second-order valence-electron chi connectivity index (χ2n) is 4.44. The van der Waals surface area contributed by atoms with E-state index in [2.05, 4.69) is 0 Å². The van der Waals surface area contributed by atoms with E-state index < -0.39 is 5.97 Å². The normalized spacial score (nSPS) is 10.7. The van der Waals surface area contributed by atoms with Crippen molar-refractivity contribution in [3.63, 3.8) is 0 Å². The van der Waals surface area contributed by atoms with Gasteiger partial charge in [-0.05, 0) is 47.4 Å². The Morgan fingerprint density at radius 2 is 1.90 bits per heavy atom. The molecule has 0 amide bonds. The maximum absolute atomic E-state index is 10.7. The topological polar surface area (TPSA) is 46.5 Å². The van der Waals surface area contributed by atoms with Crippen LogP contribution in [0, 0.1) is 6.92 Å². The maximum atomic E-state index is 10.7. The fraction of sp³-hybridized carbons (Fsp3) is 0.118. The molecular weight excluding hydrogens is 252 g/mol. The molecule has 0 aliphatic carbocycles. The number of hydrogen-bond acceptors (Lipinski definition) is 2. The SMILES string of the molecule is COc1ccc(C=CC(=O)O)c(-c2ccccc2C)c1. The lowest BCUT2D eigenvalue weighted by Gasteiger charge is -2.11. The zero-order valence-corrected chi connectivity index (χ0v) is 11.5. The van der Waals surface area contributed by atoms with Crippen molar-refractivity contribution < 1.29 is 14.6 Å². The van der Waals surface area contributed by atoms with Crippen LogP contribution in [0.25, 0.3) is 17.2 Å². The van der Waals surface area contributed by atoms with Gasteiger partial charge >= 0.3 is 5.97 Å². The van der Waals surface area contributed by atoms with E-state index in [1.807, 2.05) is 49.4 Å². The van der Waals surface area contributed by atoms with Crippen LogP contribution in [-0.4, -0.2) is 18.2 Å². The van der Waals surface area contributed by atoms with Crippen LogP contribution < -0.4 is 4.74 Å². The lowest BCUT2D eigenvalue weighted by molar-refractivity contribution is -0.131. The monoisotopic (exact) mass is 268 g/mol. The summed E-state index contributed by atoms with van der Waals surface area (Å²) in [4.78, 5) is 10.7. The molecular formula is C17H16O3. The van der Waals surface area contributed by atoms with Gasteiger partial charge in [0.05, 0.1) is 7.11 Å². The van der Waals surface area contributed by atoms with Gasteiger partial charge in [0.2, 0.25) is 0 Å².